The van der Waals surface area contributed by atoms with Crippen molar-refractivity contribution >= 4 is 5.91 Å². The Hall–Kier alpha value is -3.67. The minimum Gasteiger partial charge on any atom is -0.467 e. The number of furan rings is 1. The smallest absolute Gasteiger partial charge is 0.293 e. The van der Waals surface area contributed by atoms with Gasteiger partial charge in [0.15, 0.2) is 0 Å². The van der Waals surface area contributed by atoms with Crippen molar-refractivity contribution in [3.63, 3.8) is 0 Å². The Morgan fingerprint density at radius 3 is 2.50 bits per heavy atom. The first-order valence-electron chi connectivity index (χ1n) is 9.95. The number of aryl methyl sites for hydroxylation is 3. The van der Waals surface area contributed by atoms with E-state index in [9.17, 15) is 4.79 Å². The van der Waals surface area contributed by atoms with E-state index in [0.29, 0.717) is 18.7 Å². The molecule has 0 aliphatic rings. The molecule has 0 radical (unpaired) electrons. The lowest BCUT2D eigenvalue weighted by molar-refractivity contribution is 0.0763. The quantitative estimate of drug-likeness (QED) is 0.466. The second-order valence-corrected chi connectivity index (χ2v) is 7.28. The van der Waals surface area contributed by atoms with E-state index in [1.165, 1.54) is 5.56 Å². The van der Waals surface area contributed by atoms with Gasteiger partial charge in [0, 0.05) is 13.5 Å². The summed E-state index contributed by atoms with van der Waals surface area (Å²) in [5, 5.41) is 4.59. The van der Waals surface area contributed by atoms with Gasteiger partial charge in [-0.25, -0.2) is 9.67 Å². The molecular weight excluding hydrogens is 376 g/mol. The van der Waals surface area contributed by atoms with Crippen molar-refractivity contribution < 1.29 is 9.21 Å². The third kappa shape index (κ3) is 4.33. The van der Waals surface area contributed by atoms with E-state index in [0.717, 1.165) is 23.5 Å². The first-order valence-corrected chi connectivity index (χ1v) is 9.95. The molecule has 4 rings (SSSR count). The maximum atomic E-state index is 13.0. The molecule has 0 saturated carbocycles. The van der Waals surface area contributed by atoms with Crippen LogP contribution in [0.4, 0.5) is 0 Å². The number of para-hydroxylation sites is 1. The lowest BCUT2D eigenvalue weighted by Gasteiger charge is -2.13. The highest BCUT2D eigenvalue weighted by atomic mass is 16.3. The fourth-order valence-corrected chi connectivity index (χ4v) is 3.37. The number of carbonyl (C=O) groups excluding carboxylic acids is 1. The van der Waals surface area contributed by atoms with E-state index >= 15 is 0 Å². The van der Waals surface area contributed by atoms with Gasteiger partial charge in [0.25, 0.3) is 5.91 Å². The van der Waals surface area contributed by atoms with Crippen molar-refractivity contribution in [1.82, 2.24) is 19.7 Å². The van der Waals surface area contributed by atoms with Gasteiger partial charge in [-0.3, -0.25) is 4.79 Å². The molecule has 2 heterocycles. The van der Waals surface area contributed by atoms with Gasteiger partial charge in [-0.1, -0.05) is 48.5 Å². The van der Waals surface area contributed by atoms with Crippen molar-refractivity contribution in [1.29, 1.82) is 0 Å². The molecule has 0 spiro atoms. The molecule has 4 aromatic rings. The van der Waals surface area contributed by atoms with Crippen LogP contribution in [0, 0.1) is 6.92 Å². The van der Waals surface area contributed by atoms with Crippen molar-refractivity contribution in [3.8, 4) is 5.69 Å². The highest BCUT2D eigenvalue weighted by Gasteiger charge is 2.22. The number of hydrogen-bond donors (Lipinski definition) is 0. The molecule has 0 fully saturated rings. The van der Waals surface area contributed by atoms with Gasteiger partial charge >= 0.3 is 0 Å². The van der Waals surface area contributed by atoms with Gasteiger partial charge in [-0.2, -0.15) is 0 Å². The second kappa shape index (κ2) is 8.78. The Morgan fingerprint density at radius 2 is 1.77 bits per heavy atom. The van der Waals surface area contributed by atoms with Crippen LogP contribution in [0.25, 0.3) is 5.69 Å². The van der Waals surface area contributed by atoms with Gasteiger partial charge in [-0.15, -0.1) is 5.10 Å². The summed E-state index contributed by atoms with van der Waals surface area (Å²) in [7, 11) is 1.73. The monoisotopic (exact) mass is 400 g/mol. The number of amides is 1. The summed E-state index contributed by atoms with van der Waals surface area (Å²) < 4.78 is 7.15. The van der Waals surface area contributed by atoms with E-state index in [2.05, 4.69) is 22.2 Å². The van der Waals surface area contributed by atoms with Crippen LogP contribution >= 0.6 is 0 Å². The third-order valence-corrected chi connectivity index (χ3v) is 5.01. The first-order chi connectivity index (χ1) is 14.6. The van der Waals surface area contributed by atoms with Crippen LogP contribution < -0.4 is 0 Å². The predicted octanol–water partition coefficient (Wildman–Crippen LogP) is 4.23. The van der Waals surface area contributed by atoms with Crippen LogP contribution in [-0.4, -0.2) is 32.6 Å². The summed E-state index contributed by atoms with van der Waals surface area (Å²) in [4.78, 5) is 19.2. The average Bonchev–Trinajstić information content (AvgIpc) is 3.43. The number of aromatic nitrogens is 3. The summed E-state index contributed by atoms with van der Waals surface area (Å²) in [6.45, 7) is 2.40. The Morgan fingerprint density at radius 1 is 1.00 bits per heavy atom. The Bertz CT molecular complexity index is 1120. The summed E-state index contributed by atoms with van der Waals surface area (Å²) in [6, 6.07) is 21.9. The van der Waals surface area contributed by atoms with Crippen LogP contribution in [0.15, 0.2) is 77.4 Å². The van der Waals surface area contributed by atoms with E-state index in [1.807, 2.05) is 55.5 Å². The minimum atomic E-state index is -0.236. The molecule has 1 amide bonds. The van der Waals surface area contributed by atoms with Crippen LogP contribution in [-0.2, 0) is 19.4 Å². The molecule has 6 heteroatoms. The topological polar surface area (TPSA) is 64.2 Å². The van der Waals surface area contributed by atoms with E-state index in [4.69, 9.17) is 4.42 Å². The van der Waals surface area contributed by atoms with Crippen molar-refractivity contribution in [3.05, 3.63) is 102 Å². The Kier molecular flexibility index (Phi) is 5.75. The maximum absolute atomic E-state index is 13.0. The Balaban J connectivity index is 1.63. The van der Waals surface area contributed by atoms with Crippen molar-refractivity contribution in [2.45, 2.75) is 26.3 Å². The second-order valence-electron chi connectivity index (χ2n) is 7.28. The number of carbonyl (C=O) groups is 1. The van der Waals surface area contributed by atoms with Gasteiger partial charge in [0.1, 0.15) is 11.6 Å². The summed E-state index contributed by atoms with van der Waals surface area (Å²) in [5.74, 6) is 1.44. The molecule has 0 aliphatic carbocycles. The van der Waals surface area contributed by atoms with E-state index in [1.54, 1.807) is 29.0 Å². The molecule has 30 heavy (non-hydrogen) atoms. The SMILES string of the molecule is Cc1ccccc1-n1nc(C(=O)N(C)Cc2ccco2)nc1CCc1ccccc1. The molecule has 0 bridgehead atoms. The van der Waals surface area contributed by atoms with Crippen LogP contribution in [0.2, 0.25) is 0 Å². The van der Waals surface area contributed by atoms with Gasteiger partial charge < -0.3 is 9.32 Å². The molecule has 0 aliphatic heterocycles. The molecule has 2 aromatic heterocycles. The van der Waals surface area contributed by atoms with Crippen molar-refractivity contribution in [2.75, 3.05) is 7.05 Å². The first kappa shape index (κ1) is 19.6. The molecule has 6 nitrogen and oxygen atoms in total. The standard InChI is InChI=1S/C24H24N4O2/c1-18-9-6-7-13-21(18)28-22(15-14-19-10-4-3-5-11-19)25-23(26-28)24(29)27(2)17-20-12-8-16-30-20/h3-13,16H,14-15,17H2,1-2H3. The largest absolute Gasteiger partial charge is 0.467 e. The predicted molar refractivity (Wildman–Crippen MR) is 114 cm³/mol. The van der Waals surface area contributed by atoms with Crippen LogP contribution in [0.3, 0.4) is 0 Å². The Labute approximate surface area is 175 Å². The number of benzene rings is 2. The van der Waals surface area contributed by atoms with Crippen LogP contribution in [0.1, 0.15) is 33.3 Å². The lowest BCUT2D eigenvalue weighted by atomic mass is 10.1. The zero-order chi connectivity index (χ0) is 20.9. The van der Waals surface area contributed by atoms with Crippen LogP contribution in [0.5, 0.6) is 0 Å². The molecule has 152 valence electrons. The fraction of sp³-hybridized carbons (Fsp3) is 0.208. The molecule has 0 N–H and O–H groups in total. The average molecular weight is 400 g/mol. The summed E-state index contributed by atoms with van der Waals surface area (Å²) in [6.07, 6.45) is 3.10. The molecule has 0 saturated heterocycles. The number of nitrogens with zero attached hydrogens (tertiary/aromatic N) is 4. The van der Waals surface area contributed by atoms with E-state index in [-0.39, 0.29) is 11.7 Å². The zero-order valence-electron chi connectivity index (χ0n) is 17.2. The highest BCUT2D eigenvalue weighted by Crippen LogP contribution is 2.17. The van der Waals surface area contributed by atoms with Crippen molar-refractivity contribution in [2.24, 2.45) is 0 Å². The minimum absolute atomic E-state index is 0.190. The highest BCUT2D eigenvalue weighted by molar-refractivity contribution is 5.90. The summed E-state index contributed by atoms with van der Waals surface area (Å²) in [5.41, 5.74) is 3.23. The third-order valence-electron chi connectivity index (χ3n) is 5.01. The number of rotatable bonds is 7. The molecular formula is C24H24N4O2. The number of hydrogen-bond acceptors (Lipinski definition) is 4. The molecule has 2 aromatic carbocycles. The maximum Gasteiger partial charge on any atom is 0.293 e. The van der Waals surface area contributed by atoms with E-state index < -0.39 is 0 Å². The lowest BCUT2D eigenvalue weighted by Crippen LogP contribution is -2.27. The fourth-order valence-electron chi connectivity index (χ4n) is 3.37. The normalized spacial score (nSPS) is 10.9. The summed E-state index contributed by atoms with van der Waals surface area (Å²) >= 11 is 0. The zero-order valence-corrected chi connectivity index (χ0v) is 17.2. The molecule has 0 atom stereocenters. The van der Waals surface area contributed by atoms with Gasteiger partial charge in [0.2, 0.25) is 5.82 Å². The molecule has 0 unspecified atom stereocenters. The van der Waals surface area contributed by atoms with Gasteiger partial charge in [-0.05, 0) is 42.7 Å². The van der Waals surface area contributed by atoms with Gasteiger partial charge in [0.05, 0.1) is 18.5 Å².